The van der Waals surface area contributed by atoms with Gasteiger partial charge >= 0.3 is 0 Å². The predicted octanol–water partition coefficient (Wildman–Crippen LogP) is 5.67. The van der Waals surface area contributed by atoms with Crippen LogP contribution in [0.2, 0.25) is 5.02 Å². The second-order valence-electron chi connectivity index (χ2n) is 10.4. The van der Waals surface area contributed by atoms with Crippen molar-refractivity contribution in [3.8, 4) is 0 Å². The smallest absolute Gasteiger partial charge is 0.253 e. The fourth-order valence-electron chi connectivity index (χ4n) is 6.14. The minimum atomic E-state index is 0.0668. The number of fused-ring (bicyclic) bond motifs is 3. The molecule has 0 radical (unpaired) electrons. The number of nitrogens with zero attached hydrogens (tertiary/aromatic N) is 3. The maximum absolute atomic E-state index is 13.3. The highest BCUT2D eigenvalue weighted by molar-refractivity contribution is 7.16. The summed E-state index contributed by atoms with van der Waals surface area (Å²) in [6.45, 7) is 4.25. The molecule has 172 valence electrons. The number of halogens is 1. The maximum atomic E-state index is 13.3. The SMILES string of the molecule is Cc1nc([C@@H]2C[C@H]2c2ccc(C(=O)N(C)[C@H]3C[C@@H]4CC[C@](C)(C3)N4)cc2Cl)c2ccsc2n1. The maximum Gasteiger partial charge on any atom is 0.253 e. The van der Waals surface area contributed by atoms with Crippen LogP contribution in [0.3, 0.4) is 0 Å². The van der Waals surface area contributed by atoms with Gasteiger partial charge in [0.05, 0.1) is 5.69 Å². The molecule has 1 amide bonds. The zero-order valence-electron chi connectivity index (χ0n) is 19.3. The monoisotopic (exact) mass is 480 g/mol. The summed E-state index contributed by atoms with van der Waals surface area (Å²) in [7, 11) is 1.95. The molecule has 1 aliphatic carbocycles. The van der Waals surface area contributed by atoms with E-state index in [9.17, 15) is 4.79 Å². The Balaban J connectivity index is 1.20. The molecule has 3 aliphatic rings. The summed E-state index contributed by atoms with van der Waals surface area (Å²) < 4.78 is 0. The number of amides is 1. The van der Waals surface area contributed by atoms with Gasteiger partial charge in [-0.25, -0.2) is 9.97 Å². The van der Waals surface area contributed by atoms with Crippen LogP contribution < -0.4 is 5.32 Å². The molecular weight excluding hydrogens is 452 g/mol. The van der Waals surface area contributed by atoms with Crippen molar-refractivity contribution >= 4 is 39.1 Å². The van der Waals surface area contributed by atoms with Crippen molar-refractivity contribution in [2.45, 2.75) is 75.4 Å². The van der Waals surface area contributed by atoms with E-state index in [1.54, 1.807) is 11.3 Å². The number of aromatic nitrogens is 2. The lowest BCUT2D eigenvalue weighted by Crippen LogP contribution is -2.54. The van der Waals surface area contributed by atoms with E-state index in [4.69, 9.17) is 16.6 Å². The Morgan fingerprint density at radius 2 is 2.09 bits per heavy atom. The highest BCUT2D eigenvalue weighted by Gasteiger charge is 2.45. The van der Waals surface area contributed by atoms with E-state index in [2.05, 4.69) is 34.7 Å². The summed E-state index contributed by atoms with van der Waals surface area (Å²) in [6, 6.07) is 8.81. The van der Waals surface area contributed by atoms with Crippen LogP contribution in [-0.4, -0.2) is 45.4 Å². The number of carbonyl (C=O) groups is 1. The normalized spacial score (nSPS) is 30.5. The average molecular weight is 481 g/mol. The lowest BCUT2D eigenvalue weighted by Gasteiger charge is -2.40. The molecule has 1 aromatic carbocycles. The largest absolute Gasteiger partial charge is 0.339 e. The molecule has 1 N–H and O–H groups in total. The van der Waals surface area contributed by atoms with Gasteiger partial charge in [-0.2, -0.15) is 0 Å². The van der Waals surface area contributed by atoms with Crippen molar-refractivity contribution in [3.05, 3.63) is 57.3 Å². The number of piperidine rings is 1. The van der Waals surface area contributed by atoms with Crippen LogP contribution in [0.1, 0.15) is 78.3 Å². The molecule has 3 fully saturated rings. The van der Waals surface area contributed by atoms with Gasteiger partial charge in [-0.05, 0) is 81.0 Å². The van der Waals surface area contributed by atoms with Crippen LogP contribution in [0.15, 0.2) is 29.6 Å². The molecule has 3 aromatic rings. The molecule has 33 heavy (non-hydrogen) atoms. The zero-order chi connectivity index (χ0) is 22.9. The van der Waals surface area contributed by atoms with Crippen LogP contribution >= 0.6 is 22.9 Å². The molecule has 1 saturated carbocycles. The first-order valence-electron chi connectivity index (χ1n) is 11.9. The first kappa shape index (κ1) is 21.5. The Kier molecular flexibility index (Phi) is 5.05. The molecule has 7 heteroatoms. The van der Waals surface area contributed by atoms with Gasteiger partial charge in [-0.3, -0.25) is 4.79 Å². The van der Waals surface area contributed by atoms with Gasteiger partial charge in [-0.1, -0.05) is 17.7 Å². The summed E-state index contributed by atoms with van der Waals surface area (Å²) in [5.74, 6) is 1.59. The summed E-state index contributed by atoms with van der Waals surface area (Å²) in [6.07, 6.45) is 5.48. The number of nitrogens with one attached hydrogen (secondary N) is 1. The van der Waals surface area contributed by atoms with E-state index < -0.39 is 0 Å². The van der Waals surface area contributed by atoms with Crippen molar-refractivity contribution in [2.24, 2.45) is 0 Å². The predicted molar refractivity (Wildman–Crippen MR) is 133 cm³/mol. The fourth-order valence-corrected chi connectivity index (χ4v) is 7.28. The van der Waals surface area contributed by atoms with Crippen molar-refractivity contribution in [2.75, 3.05) is 7.05 Å². The number of thiophene rings is 1. The standard InChI is InChI=1S/C26H29ClN4OS/c1-14-28-23(19-7-9-33-24(19)29-14)21-12-20(21)18-5-4-15(10-22(18)27)25(32)31(3)17-11-16-6-8-26(2,13-17)30-16/h4-5,7,9-10,16-17,20-21,30H,6,8,11-13H2,1-3H3/t16-,17-,20-,21+,26+/m0/s1. The summed E-state index contributed by atoms with van der Waals surface area (Å²) in [5, 5.41) is 7.66. The van der Waals surface area contributed by atoms with Gasteiger partial charge in [0.2, 0.25) is 0 Å². The third-order valence-corrected chi connectivity index (χ3v) is 9.10. The topological polar surface area (TPSA) is 58.1 Å². The first-order valence-corrected chi connectivity index (χ1v) is 13.1. The Morgan fingerprint density at radius 1 is 1.24 bits per heavy atom. The van der Waals surface area contributed by atoms with Gasteiger partial charge in [-0.15, -0.1) is 11.3 Å². The lowest BCUT2D eigenvalue weighted by atomic mass is 9.88. The van der Waals surface area contributed by atoms with E-state index in [1.807, 2.05) is 31.0 Å². The van der Waals surface area contributed by atoms with Gasteiger partial charge < -0.3 is 10.2 Å². The number of rotatable bonds is 4. The van der Waals surface area contributed by atoms with Crippen molar-refractivity contribution in [1.29, 1.82) is 0 Å². The molecule has 6 rings (SSSR count). The lowest BCUT2D eigenvalue weighted by molar-refractivity contribution is 0.0648. The molecule has 2 aliphatic heterocycles. The Bertz CT molecular complexity index is 1260. The third-order valence-electron chi connectivity index (χ3n) is 7.96. The highest BCUT2D eigenvalue weighted by Crippen LogP contribution is 2.57. The molecular formula is C26H29ClN4OS. The molecule has 5 atom stereocenters. The number of hydrogen-bond donors (Lipinski definition) is 1. The number of aryl methyl sites for hydroxylation is 1. The summed E-state index contributed by atoms with van der Waals surface area (Å²) >= 11 is 8.41. The second-order valence-corrected chi connectivity index (χ2v) is 11.7. The Hall–Kier alpha value is -2.02. The molecule has 4 heterocycles. The van der Waals surface area contributed by atoms with Gasteiger partial charge in [0, 0.05) is 46.6 Å². The summed E-state index contributed by atoms with van der Waals surface area (Å²) in [5.41, 5.74) is 3.09. The number of benzene rings is 1. The third kappa shape index (κ3) is 3.76. The van der Waals surface area contributed by atoms with Gasteiger partial charge in [0.1, 0.15) is 10.7 Å². The molecule has 2 aromatic heterocycles. The van der Waals surface area contributed by atoms with Crippen molar-refractivity contribution in [3.63, 3.8) is 0 Å². The van der Waals surface area contributed by atoms with E-state index in [-0.39, 0.29) is 17.5 Å². The number of hydrogen-bond acceptors (Lipinski definition) is 5. The Labute approximate surface area is 203 Å². The molecule has 0 spiro atoms. The average Bonchev–Trinajstić information content (AvgIpc) is 3.34. The van der Waals surface area contributed by atoms with E-state index in [1.165, 1.54) is 12.8 Å². The zero-order valence-corrected chi connectivity index (χ0v) is 20.8. The molecule has 5 nitrogen and oxygen atoms in total. The van der Waals surface area contributed by atoms with Gasteiger partial charge in [0.15, 0.2) is 0 Å². The highest BCUT2D eigenvalue weighted by atomic mass is 35.5. The van der Waals surface area contributed by atoms with Crippen molar-refractivity contribution < 1.29 is 4.79 Å². The van der Waals surface area contributed by atoms with E-state index >= 15 is 0 Å². The minimum Gasteiger partial charge on any atom is -0.339 e. The van der Waals surface area contributed by atoms with Crippen LogP contribution in [0, 0.1) is 6.92 Å². The number of carbonyl (C=O) groups excluding carboxylic acids is 1. The Morgan fingerprint density at radius 3 is 2.88 bits per heavy atom. The van der Waals surface area contributed by atoms with E-state index in [0.29, 0.717) is 28.5 Å². The van der Waals surface area contributed by atoms with Crippen LogP contribution in [0.5, 0.6) is 0 Å². The summed E-state index contributed by atoms with van der Waals surface area (Å²) in [4.78, 5) is 25.6. The second kappa shape index (κ2) is 7.76. The van der Waals surface area contributed by atoms with E-state index in [0.717, 1.165) is 46.6 Å². The molecule has 2 saturated heterocycles. The van der Waals surface area contributed by atoms with Crippen LogP contribution in [-0.2, 0) is 0 Å². The van der Waals surface area contributed by atoms with Crippen LogP contribution in [0.25, 0.3) is 10.2 Å². The fraction of sp³-hybridized carbons (Fsp3) is 0.500. The molecule has 2 bridgehead atoms. The minimum absolute atomic E-state index is 0.0668. The molecule has 0 unspecified atom stereocenters. The first-order chi connectivity index (χ1) is 15.8. The van der Waals surface area contributed by atoms with Crippen molar-refractivity contribution in [1.82, 2.24) is 20.2 Å². The van der Waals surface area contributed by atoms with Crippen LogP contribution in [0.4, 0.5) is 0 Å². The quantitative estimate of drug-likeness (QED) is 0.522. The van der Waals surface area contributed by atoms with Gasteiger partial charge in [0.25, 0.3) is 5.91 Å².